The van der Waals surface area contributed by atoms with Crippen LogP contribution in [-0.4, -0.2) is 19.3 Å². The minimum Gasteiger partial charge on any atom is -0.212 e. The third-order valence-electron chi connectivity index (χ3n) is 2.61. The van der Waals surface area contributed by atoms with E-state index in [9.17, 15) is 8.42 Å². The molecule has 5 heteroatoms. The van der Waals surface area contributed by atoms with Crippen LogP contribution >= 0.6 is 11.6 Å². The van der Waals surface area contributed by atoms with E-state index in [0.717, 1.165) is 5.56 Å². The summed E-state index contributed by atoms with van der Waals surface area (Å²) in [5.41, 5.74) is 0.104. The fraction of sp³-hybridized carbons (Fsp3) is 0.500. The number of rotatable bonds is 5. The highest BCUT2D eigenvalue weighted by Crippen LogP contribution is 2.17. The topological polar surface area (TPSA) is 46.2 Å². The summed E-state index contributed by atoms with van der Waals surface area (Å²) < 4.78 is 26.5. The number of nitrogens with one attached hydrogen (secondary N) is 1. The minimum absolute atomic E-state index is 0.0269. The molecule has 0 aliphatic carbocycles. The highest BCUT2D eigenvalue weighted by Gasteiger charge is 2.29. The summed E-state index contributed by atoms with van der Waals surface area (Å²) in [7, 11) is -3.37. The summed E-state index contributed by atoms with van der Waals surface area (Å²) in [6.45, 7) is 5.31. The molecule has 0 saturated carbocycles. The summed E-state index contributed by atoms with van der Waals surface area (Å²) in [5, 5.41) is -0.284. The van der Waals surface area contributed by atoms with Gasteiger partial charge in [-0.2, -0.15) is 0 Å². The molecule has 1 N–H and O–H groups in total. The third-order valence-corrected chi connectivity index (χ3v) is 4.71. The highest BCUT2D eigenvalue weighted by atomic mass is 35.5. The van der Waals surface area contributed by atoms with Crippen LogP contribution in [-0.2, 0) is 15.8 Å². The first kappa shape index (κ1) is 14.5. The average molecular weight is 276 g/mol. The van der Waals surface area contributed by atoms with Gasteiger partial charge >= 0.3 is 0 Å². The molecule has 1 aromatic carbocycles. The van der Waals surface area contributed by atoms with Gasteiger partial charge in [-0.3, -0.25) is 0 Å². The van der Waals surface area contributed by atoms with Gasteiger partial charge in [0.1, 0.15) is 0 Å². The zero-order chi connectivity index (χ0) is 13.1. The maximum atomic E-state index is 12.0. The monoisotopic (exact) mass is 275 g/mol. The van der Waals surface area contributed by atoms with Crippen LogP contribution in [0.2, 0.25) is 0 Å². The molecule has 0 aliphatic heterocycles. The van der Waals surface area contributed by atoms with Gasteiger partial charge in [0, 0.05) is 10.9 Å². The maximum absolute atomic E-state index is 12.0. The predicted molar refractivity (Wildman–Crippen MR) is 71.6 cm³/mol. The predicted octanol–water partition coefficient (Wildman–Crippen LogP) is 2.51. The van der Waals surface area contributed by atoms with Crippen molar-refractivity contribution >= 4 is 21.6 Å². The Balaban J connectivity index is 2.78. The zero-order valence-electron chi connectivity index (χ0n) is 10.3. The molecule has 1 rings (SSSR count). The molecular formula is C12H18ClNO2S. The number of halogens is 1. The van der Waals surface area contributed by atoms with Crippen molar-refractivity contribution in [2.75, 3.05) is 0 Å². The van der Waals surface area contributed by atoms with Crippen molar-refractivity contribution in [1.29, 1.82) is 0 Å². The third kappa shape index (κ3) is 4.66. The molecule has 0 heterocycles. The fourth-order valence-electron chi connectivity index (χ4n) is 1.31. The first-order chi connectivity index (χ1) is 7.73. The molecule has 17 heavy (non-hydrogen) atoms. The van der Waals surface area contributed by atoms with E-state index >= 15 is 0 Å². The summed E-state index contributed by atoms with van der Waals surface area (Å²) >= 11 is 5.95. The van der Waals surface area contributed by atoms with E-state index in [0.29, 0.717) is 0 Å². The molecule has 0 aromatic heterocycles. The first-order valence-electron chi connectivity index (χ1n) is 5.42. The molecule has 3 nitrogen and oxygen atoms in total. The number of hydrogen-bond acceptors (Lipinski definition) is 2. The summed E-state index contributed by atoms with van der Waals surface area (Å²) in [6, 6.07) is 9.07. The Kier molecular flexibility index (Phi) is 4.58. The number of sulfonamides is 1. The molecule has 0 saturated heterocycles. The van der Waals surface area contributed by atoms with E-state index in [1.54, 1.807) is 32.9 Å². The van der Waals surface area contributed by atoms with Crippen LogP contribution in [0.3, 0.4) is 0 Å². The summed E-state index contributed by atoms with van der Waals surface area (Å²) in [6.07, 6.45) is 0. The fourth-order valence-corrected chi connectivity index (χ4v) is 3.11. The van der Waals surface area contributed by atoms with E-state index in [1.807, 2.05) is 18.2 Å². The van der Waals surface area contributed by atoms with Gasteiger partial charge in [0.05, 0.1) is 5.75 Å². The molecule has 1 unspecified atom stereocenters. The Morgan fingerprint density at radius 2 is 1.82 bits per heavy atom. The Hall–Kier alpha value is -0.580. The lowest BCUT2D eigenvalue weighted by molar-refractivity contribution is 0.445. The van der Waals surface area contributed by atoms with Crippen LogP contribution in [0, 0.1) is 0 Å². The second-order valence-electron chi connectivity index (χ2n) is 4.68. The van der Waals surface area contributed by atoms with Gasteiger partial charge in [0.25, 0.3) is 0 Å². The Morgan fingerprint density at radius 3 is 2.29 bits per heavy atom. The lowest BCUT2D eigenvalue weighted by Crippen LogP contribution is -2.49. The highest BCUT2D eigenvalue weighted by molar-refractivity contribution is 7.88. The second-order valence-corrected chi connectivity index (χ2v) is 7.06. The molecule has 1 aromatic rings. The van der Waals surface area contributed by atoms with Gasteiger partial charge in [-0.1, -0.05) is 30.3 Å². The molecule has 0 amide bonds. The van der Waals surface area contributed by atoms with Gasteiger partial charge < -0.3 is 0 Å². The van der Waals surface area contributed by atoms with Gasteiger partial charge in [-0.05, 0) is 26.3 Å². The Labute approximate surface area is 108 Å². The van der Waals surface area contributed by atoms with Crippen LogP contribution < -0.4 is 4.72 Å². The van der Waals surface area contributed by atoms with Crippen LogP contribution in [0.4, 0.5) is 0 Å². The summed E-state index contributed by atoms with van der Waals surface area (Å²) in [4.78, 5) is 0. The van der Waals surface area contributed by atoms with E-state index in [2.05, 4.69) is 4.72 Å². The van der Waals surface area contributed by atoms with Crippen LogP contribution in [0.25, 0.3) is 0 Å². The van der Waals surface area contributed by atoms with Crippen LogP contribution in [0.5, 0.6) is 0 Å². The van der Waals surface area contributed by atoms with Crippen molar-refractivity contribution in [2.45, 2.75) is 37.4 Å². The molecule has 0 radical (unpaired) electrons. The molecule has 96 valence electrons. The quantitative estimate of drug-likeness (QED) is 0.840. The standard InChI is InChI=1S/C12H18ClNO2S/c1-10(13)12(2,3)14-17(15,16)9-11-7-5-4-6-8-11/h4-8,10,14H,9H2,1-3H3. The largest absolute Gasteiger partial charge is 0.216 e. The Bertz CT molecular complexity index is 455. The van der Waals surface area contributed by atoms with Crippen LogP contribution in [0.15, 0.2) is 30.3 Å². The Morgan fingerprint density at radius 1 is 1.29 bits per heavy atom. The van der Waals surface area contributed by atoms with Crippen LogP contribution in [0.1, 0.15) is 26.3 Å². The second kappa shape index (κ2) is 5.38. The average Bonchev–Trinajstić information content (AvgIpc) is 2.16. The first-order valence-corrected chi connectivity index (χ1v) is 7.51. The molecule has 0 bridgehead atoms. The van der Waals surface area contributed by atoms with Crippen molar-refractivity contribution in [3.63, 3.8) is 0 Å². The smallest absolute Gasteiger partial charge is 0.212 e. The van der Waals surface area contributed by atoms with Crippen molar-refractivity contribution in [3.05, 3.63) is 35.9 Å². The maximum Gasteiger partial charge on any atom is 0.216 e. The van der Waals surface area contributed by atoms with Crippen molar-refractivity contribution in [3.8, 4) is 0 Å². The minimum atomic E-state index is -3.37. The zero-order valence-corrected chi connectivity index (χ0v) is 11.8. The van der Waals surface area contributed by atoms with E-state index in [-0.39, 0.29) is 11.1 Å². The van der Waals surface area contributed by atoms with Crippen molar-refractivity contribution in [1.82, 2.24) is 4.72 Å². The number of hydrogen-bond donors (Lipinski definition) is 1. The number of alkyl halides is 1. The number of benzene rings is 1. The lowest BCUT2D eigenvalue weighted by Gasteiger charge is -2.28. The molecule has 0 aliphatic rings. The van der Waals surface area contributed by atoms with Crippen molar-refractivity contribution in [2.24, 2.45) is 0 Å². The lowest BCUT2D eigenvalue weighted by atomic mass is 10.0. The van der Waals surface area contributed by atoms with E-state index in [1.165, 1.54) is 0 Å². The summed E-state index contributed by atoms with van der Waals surface area (Å²) in [5.74, 6) is -0.0269. The molecule has 0 fully saturated rings. The van der Waals surface area contributed by atoms with Gasteiger partial charge in [-0.15, -0.1) is 11.6 Å². The van der Waals surface area contributed by atoms with E-state index in [4.69, 9.17) is 11.6 Å². The molecule has 1 atom stereocenters. The van der Waals surface area contributed by atoms with Crippen molar-refractivity contribution < 1.29 is 8.42 Å². The van der Waals surface area contributed by atoms with Gasteiger partial charge in [0.15, 0.2) is 0 Å². The van der Waals surface area contributed by atoms with Gasteiger partial charge in [-0.25, -0.2) is 13.1 Å². The molecular weight excluding hydrogens is 258 g/mol. The molecule has 0 spiro atoms. The van der Waals surface area contributed by atoms with Gasteiger partial charge in [0.2, 0.25) is 10.0 Å². The van der Waals surface area contributed by atoms with E-state index < -0.39 is 15.6 Å². The normalized spacial score (nSPS) is 14.6. The SMILES string of the molecule is CC(Cl)C(C)(C)NS(=O)(=O)Cc1ccccc1.